The van der Waals surface area contributed by atoms with Gasteiger partial charge >= 0.3 is 0 Å². The Balaban J connectivity index is 0.00000128. The lowest BCUT2D eigenvalue weighted by Gasteiger charge is -2.18. The van der Waals surface area contributed by atoms with E-state index in [4.69, 9.17) is 10.7 Å². The number of fused-ring (bicyclic) bond motifs is 1. The van der Waals surface area contributed by atoms with Gasteiger partial charge in [-0.15, -0.1) is 24.8 Å². The molecule has 6 heteroatoms. The first-order valence-corrected chi connectivity index (χ1v) is 10.2. The van der Waals surface area contributed by atoms with Crippen molar-refractivity contribution in [3.63, 3.8) is 0 Å². The van der Waals surface area contributed by atoms with E-state index in [-0.39, 0.29) is 30.7 Å². The molecule has 1 saturated carbocycles. The van der Waals surface area contributed by atoms with Gasteiger partial charge in [0.25, 0.3) is 5.91 Å². The molecule has 2 aliphatic rings. The molecule has 2 fully saturated rings. The molecule has 0 radical (unpaired) electrons. The highest BCUT2D eigenvalue weighted by Crippen LogP contribution is 2.41. The molecule has 0 spiro atoms. The molecule has 3 aromatic rings. The number of halogens is 2. The monoisotopic (exact) mass is 443 g/mol. The third-order valence-electron chi connectivity index (χ3n) is 6.22. The topological polar surface area (TPSA) is 59.2 Å². The van der Waals surface area contributed by atoms with E-state index in [1.807, 2.05) is 41.3 Å². The van der Waals surface area contributed by atoms with Gasteiger partial charge in [0, 0.05) is 36.0 Å². The molecule has 2 N–H and O–H groups in total. The maximum atomic E-state index is 13.6. The molecule has 2 heterocycles. The maximum Gasteiger partial charge on any atom is 0.254 e. The molecule has 0 bridgehead atoms. The zero-order valence-electron chi connectivity index (χ0n) is 16.7. The van der Waals surface area contributed by atoms with Gasteiger partial charge in [0.1, 0.15) is 0 Å². The SMILES string of the molecule is Cl.Cl.NC[C@@H]1CN(C(=O)c2cc(C3CC3)nc3ccccc23)C[C@H]1c1ccccc1. The van der Waals surface area contributed by atoms with Crippen molar-refractivity contribution in [3.8, 4) is 0 Å². The van der Waals surface area contributed by atoms with Crippen LogP contribution in [-0.4, -0.2) is 35.4 Å². The van der Waals surface area contributed by atoms with Crippen LogP contribution in [0.5, 0.6) is 0 Å². The number of rotatable bonds is 4. The quantitative estimate of drug-likeness (QED) is 0.631. The van der Waals surface area contributed by atoms with Crippen LogP contribution < -0.4 is 5.73 Å². The van der Waals surface area contributed by atoms with Gasteiger partial charge in [-0.3, -0.25) is 9.78 Å². The molecule has 1 aliphatic heterocycles. The normalized spacial score (nSPS) is 20.5. The Morgan fingerprint density at radius 1 is 1.00 bits per heavy atom. The minimum Gasteiger partial charge on any atom is -0.338 e. The van der Waals surface area contributed by atoms with E-state index >= 15 is 0 Å². The Bertz CT molecular complexity index is 1020. The fraction of sp³-hybridized carbons (Fsp3) is 0.333. The summed E-state index contributed by atoms with van der Waals surface area (Å²) in [6.07, 6.45) is 2.35. The van der Waals surface area contributed by atoms with Crippen molar-refractivity contribution in [2.75, 3.05) is 19.6 Å². The molecule has 4 nitrogen and oxygen atoms in total. The second-order valence-corrected chi connectivity index (χ2v) is 8.11. The third kappa shape index (κ3) is 4.18. The Morgan fingerprint density at radius 2 is 1.70 bits per heavy atom. The lowest BCUT2D eigenvalue weighted by atomic mass is 9.89. The average molecular weight is 444 g/mol. The molecular formula is C24H27Cl2N3O. The number of pyridine rings is 1. The number of hydrogen-bond acceptors (Lipinski definition) is 3. The van der Waals surface area contributed by atoms with Crippen LogP contribution in [0.1, 0.15) is 46.3 Å². The summed E-state index contributed by atoms with van der Waals surface area (Å²) in [6.45, 7) is 2.03. The number of carbonyl (C=O) groups is 1. The fourth-order valence-electron chi connectivity index (χ4n) is 4.49. The van der Waals surface area contributed by atoms with Crippen LogP contribution in [0.4, 0.5) is 0 Å². The summed E-state index contributed by atoms with van der Waals surface area (Å²) in [4.78, 5) is 20.4. The predicted octanol–water partition coefficient (Wildman–Crippen LogP) is 4.77. The molecule has 30 heavy (non-hydrogen) atoms. The Labute approximate surface area is 189 Å². The number of likely N-dealkylation sites (tertiary alicyclic amines) is 1. The summed E-state index contributed by atoms with van der Waals surface area (Å²) < 4.78 is 0. The van der Waals surface area contributed by atoms with Gasteiger partial charge < -0.3 is 10.6 Å². The van der Waals surface area contributed by atoms with Crippen molar-refractivity contribution >= 4 is 41.6 Å². The summed E-state index contributed by atoms with van der Waals surface area (Å²) in [7, 11) is 0. The molecular weight excluding hydrogens is 417 g/mol. The van der Waals surface area contributed by atoms with Gasteiger partial charge in [-0.25, -0.2) is 0 Å². The van der Waals surface area contributed by atoms with E-state index in [0.717, 1.165) is 28.7 Å². The van der Waals surface area contributed by atoms with E-state index in [9.17, 15) is 4.79 Å². The van der Waals surface area contributed by atoms with E-state index in [0.29, 0.717) is 30.8 Å². The molecule has 1 aliphatic carbocycles. The number of nitrogens with two attached hydrogens (primary N) is 1. The van der Waals surface area contributed by atoms with Crippen LogP contribution in [0, 0.1) is 5.92 Å². The first-order valence-electron chi connectivity index (χ1n) is 10.2. The lowest BCUT2D eigenvalue weighted by Crippen LogP contribution is -2.30. The molecule has 5 rings (SSSR count). The Kier molecular flexibility index (Phi) is 7.02. The molecule has 2 aromatic carbocycles. The van der Waals surface area contributed by atoms with E-state index < -0.39 is 0 Å². The van der Waals surface area contributed by atoms with Crippen molar-refractivity contribution in [2.45, 2.75) is 24.7 Å². The van der Waals surface area contributed by atoms with E-state index in [2.05, 4.69) is 24.3 Å². The van der Waals surface area contributed by atoms with Crippen LogP contribution in [-0.2, 0) is 0 Å². The molecule has 1 saturated heterocycles. The Hall–Kier alpha value is -2.14. The van der Waals surface area contributed by atoms with Crippen molar-refractivity contribution in [2.24, 2.45) is 11.7 Å². The minimum absolute atomic E-state index is 0. The molecule has 0 unspecified atom stereocenters. The Morgan fingerprint density at radius 3 is 2.40 bits per heavy atom. The number of hydrogen-bond donors (Lipinski definition) is 1. The van der Waals surface area contributed by atoms with Crippen molar-refractivity contribution in [3.05, 3.63) is 77.5 Å². The fourth-order valence-corrected chi connectivity index (χ4v) is 4.49. The van der Waals surface area contributed by atoms with Gasteiger partial charge in [0.15, 0.2) is 0 Å². The van der Waals surface area contributed by atoms with E-state index in [1.54, 1.807) is 0 Å². The van der Waals surface area contributed by atoms with Gasteiger partial charge in [-0.1, -0.05) is 48.5 Å². The number of para-hydroxylation sites is 1. The van der Waals surface area contributed by atoms with Crippen LogP contribution in [0.2, 0.25) is 0 Å². The number of carbonyl (C=O) groups excluding carboxylic acids is 1. The zero-order valence-corrected chi connectivity index (χ0v) is 18.4. The smallest absolute Gasteiger partial charge is 0.254 e. The van der Waals surface area contributed by atoms with Crippen molar-refractivity contribution in [1.82, 2.24) is 9.88 Å². The van der Waals surface area contributed by atoms with Crippen LogP contribution in [0.15, 0.2) is 60.7 Å². The number of nitrogens with zero attached hydrogens (tertiary/aromatic N) is 2. The number of benzene rings is 2. The highest BCUT2D eigenvalue weighted by molar-refractivity contribution is 6.06. The summed E-state index contributed by atoms with van der Waals surface area (Å²) in [5.41, 5.74) is 10.1. The lowest BCUT2D eigenvalue weighted by molar-refractivity contribution is 0.0788. The van der Waals surface area contributed by atoms with E-state index in [1.165, 1.54) is 18.4 Å². The first kappa shape index (κ1) is 22.5. The molecule has 1 aromatic heterocycles. The van der Waals surface area contributed by atoms with Gasteiger partial charge in [-0.05, 0) is 43.0 Å². The predicted molar refractivity (Wildman–Crippen MR) is 126 cm³/mol. The summed E-state index contributed by atoms with van der Waals surface area (Å²) >= 11 is 0. The van der Waals surface area contributed by atoms with Gasteiger partial charge in [0.2, 0.25) is 0 Å². The summed E-state index contributed by atoms with van der Waals surface area (Å²) in [6, 6.07) is 20.5. The summed E-state index contributed by atoms with van der Waals surface area (Å²) in [5.74, 6) is 1.22. The average Bonchev–Trinajstić information content (AvgIpc) is 3.51. The molecule has 2 atom stereocenters. The third-order valence-corrected chi connectivity index (χ3v) is 6.22. The standard InChI is InChI=1S/C24H25N3O.2ClH/c25-13-18-14-27(15-21(18)16-6-2-1-3-7-16)24(28)20-12-23(17-10-11-17)26-22-9-5-4-8-19(20)22;;/h1-9,12,17-18,21H,10-11,13-15,25H2;2*1H/t18-,21+;;/m1../s1. The zero-order chi connectivity index (χ0) is 19.1. The maximum absolute atomic E-state index is 13.6. The molecule has 158 valence electrons. The van der Waals surface area contributed by atoms with Crippen molar-refractivity contribution < 1.29 is 4.79 Å². The second-order valence-electron chi connectivity index (χ2n) is 8.11. The van der Waals surface area contributed by atoms with Crippen LogP contribution >= 0.6 is 24.8 Å². The number of aromatic nitrogens is 1. The van der Waals surface area contributed by atoms with Gasteiger partial charge in [0.05, 0.1) is 11.1 Å². The van der Waals surface area contributed by atoms with Crippen LogP contribution in [0.3, 0.4) is 0 Å². The summed E-state index contributed by atoms with van der Waals surface area (Å²) in [5, 5.41) is 0.948. The highest BCUT2D eigenvalue weighted by atomic mass is 35.5. The number of amides is 1. The first-order chi connectivity index (χ1) is 13.7. The minimum atomic E-state index is 0. The second kappa shape index (κ2) is 9.34. The van der Waals surface area contributed by atoms with Gasteiger partial charge in [-0.2, -0.15) is 0 Å². The molecule has 1 amide bonds. The van der Waals surface area contributed by atoms with Crippen molar-refractivity contribution in [1.29, 1.82) is 0 Å². The highest BCUT2D eigenvalue weighted by Gasteiger charge is 2.36. The largest absolute Gasteiger partial charge is 0.338 e. The van der Waals surface area contributed by atoms with Crippen LogP contribution in [0.25, 0.3) is 10.9 Å².